The van der Waals surface area contributed by atoms with Gasteiger partial charge < -0.3 is 24.8 Å². The molecule has 3 aromatic rings. The van der Waals surface area contributed by atoms with Crippen LogP contribution in [0.3, 0.4) is 0 Å². The zero-order valence-corrected chi connectivity index (χ0v) is 21.5. The maximum Gasteiger partial charge on any atom is 0.271 e. The lowest BCUT2D eigenvalue weighted by Crippen LogP contribution is -2.50. The Morgan fingerprint density at radius 2 is 1.88 bits per heavy atom. The quantitative estimate of drug-likeness (QED) is 0.523. The zero-order valence-electron chi connectivity index (χ0n) is 21.5. The number of ether oxygens (including phenoxy) is 1. The topological polar surface area (TPSA) is 119 Å². The third-order valence-corrected chi connectivity index (χ3v) is 9.18. The van der Waals surface area contributed by atoms with E-state index in [2.05, 4.69) is 16.4 Å². The summed E-state index contributed by atoms with van der Waals surface area (Å²) >= 11 is 0. The summed E-state index contributed by atoms with van der Waals surface area (Å²) in [4.78, 5) is 46.6. The minimum Gasteiger partial charge on any atom is -0.496 e. The van der Waals surface area contributed by atoms with Crippen molar-refractivity contribution in [3.05, 3.63) is 59.8 Å². The van der Waals surface area contributed by atoms with Crippen LogP contribution < -0.4 is 10.1 Å². The molecule has 9 nitrogen and oxygen atoms in total. The number of hydrogen-bond acceptors (Lipinski definition) is 5. The van der Waals surface area contributed by atoms with Gasteiger partial charge in [0, 0.05) is 42.5 Å². The van der Waals surface area contributed by atoms with Crippen LogP contribution in [0.1, 0.15) is 35.3 Å². The molecule has 3 amide bonds. The molecule has 0 radical (unpaired) electrons. The van der Waals surface area contributed by atoms with Crippen LogP contribution in [0.15, 0.2) is 48.5 Å². The van der Waals surface area contributed by atoms with E-state index < -0.39 is 47.1 Å². The number of aromatic nitrogens is 1. The molecule has 4 aliphatic rings. The summed E-state index contributed by atoms with van der Waals surface area (Å²) < 4.78 is 34.6. The number of H-pyrrole nitrogens is 1. The number of hydrogen-bond donors (Lipinski definition) is 2. The third-order valence-electron chi connectivity index (χ3n) is 9.18. The first-order valence-corrected chi connectivity index (χ1v) is 13.1. The van der Waals surface area contributed by atoms with E-state index in [0.29, 0.717) is 27.9 Å². The van der Waals surface area contributed by atoms with Gasteiger partial charge in [-0.1, -0.05) is 24.3 Å². The second-order valence-electron chi connectivity index (χ2n) is 11.3. The number of benzene rings is 2. The predicted octanol–water partition coefficient (Wildman–Crippen LogP) is 3.43. The van der Waals surface area contributed by atoms with Crippen LogP contribution in [0.5, 0.6) is 5.75 Å². The number of fused-ring (bicyclic) bond motifs is 3. The van der Waals surface area contributed by atoms with Gasteiger partial charge in [-0.2, -0.15) is 5.26 Å². The first-order valence-electron chi connectivity index (χ1n) is 13.1. The Morgan fingerprint density at radius 3 is 2.60 bits per heavy atom. The van der Waals surface area contributed by atoms with E-state index in [9.17, 15) is 28.4 Å². The van der Waals surface area contributed by atoms with E-state index >= 15 is 0 Å². The standard InChI is InChI=1S/C29H25F2N5O4/c1-40-23-8-4-7-19-17(23)9-21(33-19)24(37)36-14-27(13-29(27,30)31)11-22(36)25(38)35-15-28(10-16(35)12-32)18-5-2-3-6-20(18)34-26(28)39/h2-9,16,22,33H,10-11,13-15H2,1H3,(H,34,39)/t16-,22-,27+,28-/m0/s1. The molecule has 0 bridgehead atoms. The maximum absolute atomic E-state index is 14.6. The number of rotatable bonds is 3. The number of amides is 3. The maximum atomic E-state index is 14.6. The minimum absolute atomic E-state index is 0.0710. The van der Waals surface area contributed by atoms with E-state index in [1.54, 1.807) is 48.5 Å². The van der Waals surface area contributed by atoms with Crippen molar-refractivity contribution in [3.8, 4) is 11.8 Å². The lowest BCUT2D eigenvalue weighted by molar-refractivity contribution is -0.135. The number of nitrogens with zero attached hydrogens (tertiary/aromatic N) is 3. The average Bonchev–Trinajstić information content (AvgIpc) is 3.50. The van der Waals surface area contributed by atoms with Crippen LogP contribution in [-0.2, 0) is 15.0 Å². The molecule has 1 aromatic heterocycles. The van der Waals surface area contributed by atoms with Gasteiger partial charge >= 0.3 is 0 Å². The van der Waals surface area contributed by atoms with Crippen LogP contribution in [0.25, 0.3) is 10.9 Å². The Hall–Kier alpha value is -4.46. The number of nitrogens with one attached hydrogen (secondary N) is 2. The number of alkyl halides is 2. The zero-order chi connectivity index (χ0) is 28.0. The van der Waals surface area contributed by atoms with Crippen molar-refractivity contribution in [1.82, 2.24) is 14.8 Å². The molecule has 4 heterocycles. The smallest absolute Gasteiger partial charge is 0.271 e. The SMILES string of the molecule is COc1cccc2[nH]c(C(=O)N3C[C@@]4(C[C@H]3C(=O)N3C[C@]5(C[C@H]3C#N)C(=O)Nc3ccccc35)CC4(F)F)cc12. The molecule has 2 saturated heterocycles. The third kappa shape index (κ3) is 3.19. The molecule has 7 rings (SSSR count). The van der Waals surface area contributed by atoms with Crippen molar-refractivity contribution in [2.45, 2.75) is 42.7 Å². The Labute approximate surface area is 227 Å². The van der Waals surface area contributed by atoms with Crippen molar-refractivity contribution in [3.63, 3.8) is 0 Å². The summed E-state index contributed by atoms with van der Waals surface area (Å²) in [7, 11) is 1.51. The van der Waals surface area contributed by atoms with Crippen LogP contribution in [-0.4, -0.2) is 70.7 Å². The molecule has 2 aromatic carbocycles. The molecular formula is C29H25F2N5O4. The molecule has 2 spiro atoms. The molecule has 4 atom stereocenters. The summed E-state index contributed by atoms with van der Waals surface area (Å²) in [5.74, 6) is -3.93. The molecule has 40 heavy (non-hydrogen) atoms. The largest absolute Gasteiger partial charge is 0.496 e. The van der Waals surface area contributed by atoms with Crippen LogP contribution in [0.4, 0.5) is 14.5 Å². The fraction of sp³-hybridized carbons (Fsp3) is 0.379. The number of carbonyl (C=O) groups excluding carboxylic acids is 3. The van der Waals surface area contributed by atoms with Crippen molar-refractivity contribution >= 4 is 34.3 Å². The van der Waals surface area contributed by atoms with Gasteiger partial charge in [-0.3, -0.25) is 14.4 Å². The van der Waals surface area contributed by atoms with Crippen molar-refractivity contribution in [2.75, 3.05) is 25.5 Å². The predicted molar refractivity (Wildman–Crippen MR) is 139 cm³/mol. The monoisotopic (exact) mass is 545 g/mol. The van der Waals surface area contributed by atoms with Crippen molar-refractivity contribution < 1.29 is 27.9 Å². The average molecular weight is 546 g/mol. The van der Waals surface area contributed by atoms with Crippen LogP contribution in [0, 0.1) is 16.7 Å². The van der Waals surface area contributed by atoms with Gasteiger partial charge in [0.05, 0.1) is 24.0 Å². The van der Waals surface area contributed by atoms with Gasteiger partial charge in [0.2, 0.25) is 11.8 Å². The molecule has 1 saturated carbocycles. The molecule has 0 unspecified atom stereocenters. The van der Waals surface area contributed by atoms with E-state index in [1.165, 1.54) is 16.9 Å². The first-order chi connectivity index (χ1) is 19.1. The Balaban J connectivity index is 1.24. The lowest BCUT2D eigenvalue weighted by atomic mass is 9.80. The number of aromatic amines is 1. The highest BCUT2D eigenvalue weighted by molar-refractivity contribution is 6.08. The Kier molecular flexibility index (Phi) is 4.94. The number of likely N-dealkylation sites (tertiary alicyclic amines) is 2. The van der Waals surface area contributed by atoms with Gasteiger partial charge in [-0.15, -0.1) is 0 Å². The molecule has 1 aliphatic carbocycles. The molecule has 204 valence electrons. The molecule has 11 heteroatoms. The van der Waals surface area contributed by atoms with Crippen LogP contribution in [0.2, 0.25) is 0 Å². The summed E-state index contributed by atoms with van der Waals surface area (Å²) in [6, 6.07) is 14.0. The number of methoxy groups -OCH3 is 1. The summed E-state index contributed by atoms with van der Waals surface area (Å²) in [6.45, 7) is -0.348. The van der Waals surface area contributed by atoms with E-state index in [-0.39, 0.29) is 37.5 Å². The van der Waals surface area contributed by atoms with E-state index in [0.717, 1.165) is 0 Å². The number of para-hydroxylation sites is 1. The van der Waals surface area contributed by atoms with Gasteiger partial charge in [-0.25, -0.2) is 8.78 Å². The number of anilines is 1. The second kappa shape index (κ2) is 8.03. The highest BCUT2D eigenvalue weighted by Gasteiger charge is 2.75. The van der Waals surface area contributed by atoms with Gasteiger partial charge in [0.15, 0.2) is 0 Å². The fourth-order valence-electron chi connectivity index (χ4n) is 6.94. The highest BCUT2D eigenvalue weighted by atomic mass is 19.3. The van der Waals surface area contributed by atoms with Gasteiger partial charge in [0.1, 0.15) is 23.5 Å². The summed E-state index contributed by atoms with van der Waals surface area (Å²) in [6.07, 6.45) is -0.532. The van der Waals surface area contributed by atoms with Gasteiger partial charge in [-0.05, 0) is 36.2 Å². The van der Waals surface area contributed by atoms with Gasteiger partial charge in [0.25, 0.3) is 11.8 Å². The van der Waals surface area contributed by atoms with Crippen molar-refractivity contribution in [1.29, 1.82) is 5.26 Å². The van der Waals surface area contributed by atoms with Crippen LogP contribution >= 0.6 is 0 Å². The fourth-order valence-corrected chi connectivity index (χ4v) is 6.94. The Bertz CT molecular complexity index is 1660. The lowest BCUT2D eigenvalue weighted by Gasteiger charge is -2.29. The number of nitriles is 1. The molecule has 3 fully saturated rings. The normalized spacial score (nSPS) is 29.6. The van der Waals surface area contributed by atoms with E-state index in [4.69, 9.17) is 4.74 Å². The highest BCUT2D eigenvalue weighted by Crippen LogP contribution is 2.66. The van der Waals surface area contributed by atoms with Crippen molar-refractivity contribution in [2.24, 2.45) is 5.41 Å². The molecule has 2 N–H and O–H groups in total. The van der Waals surface area contributed by atoms with E-state index in [1.807, 2.05) is 0 Å². The number of halogens is 2. The minimum atomic E-state index is -2.99. The number of carbonyl (C=O) groups is 3. The molecular weight excluding hydrogens is 520 g/mol. The first kappa shape index (κ1) is 24.6. The summed E-state index contributed by atoms with van der Waals surface area (Å²) in [5.41, 5.74) is -0.488. The second-order valence-corrected chi connectivity index (χ2v) is 11.3. The summed E-state index contributed by atoms with van der Waals surface area (Å²) in [5, 5.41) is 13.5. The molecule has 3 aliphatic heterocycles. The Morgan fingerprint density at radius 1 is 1.10 bits per heavy atom.